The number of amides is 2. The van der Waals surface area contributed by atoms with Gasteiger partial charge in [-0.3, -0.25) is 4.55 Å². The van der Waals surface area contributed by atoms with Crippen molar-refractivity contribution in [1.82, 2.24) is 5.32 Å². The van der Waals surface area contributed by atoms with Crippen LogP contribution < -0.4 is 15.4 Å². The maximum absolute atomic E-state index is 11.9. The van der Waals surface area contributed by atoms with Crippen LogP contribution in [0.4, 0.5) is 10.5 Å². The summed E-state index contributed by atoms with van der Waals surface area (Å²) < 4.78 is 36.8. The molecule has 0 aromatic heterocycles. The van der Waals surface area contributed by atoms with Crippen LogP contribution in [0.2, 0.25) is 0 Å². The van der Waals surface area contributed by atoms with Crippen molar-refractivity contribution < 1.29 is 22.5 Å². The molecule has 0 fully saturated rings. The van der Waals surface area contributed by atoms with Crippen molar-refractivity contribution in [3.63, 3.8) is 0 Å². The molecule has 8 heteroatoms. The third-order valence-corrected chi connectivity index (χ3v) is 4.56. The summed E-state index contributed by atoms with van der Waals surface area (Å²) in [4.78, 5) is 11.6. The summed E-state index contributed by atoms with van der Waals surface area (Å²) in [5.74, 6) is 0.716. The van der Waals surface area contributed by atoms with Crippen LogP contribution in [-0.4, -0.2) is 25.7 Å². The molecule has 0 heterocycles. The zero-order valence-corrected chi connectivity index (χ0v) is 15.0. The minimum absolute atomic E-state index is 0.0467. The lowest BCUT2D eigenvalue weighted by atomic mass is 10.1. The Bertz CT molecular complexity index is 894. The molecule has 0 aliphatic heterocycles. The minimum Gasteiger partial charge on any atom is -0.473 e. The first-order valence-electron chi connectivity index (χ1n) is 7.50. The van der Waals surface area contributed by atoms with Crippen LogP contribution in [0.25, 0.3) is 0 Å². The summed E-state index contributed by atoms with van der Waals surface area (Å²) in [7, 11) is -4.32. The molecule has 2 aromatic rings. The highest BCUT2D eigenvalue weighted by molar-refractivity contribution is 7.85. The van der Waals surface area contributed by atoms with Crippen molar-refractivity contribution >= 4 is 21.8 Å². The fourth-order valence-electron chi connectivity index (χ4n) is 2.23. The number of benzene rings is 2. The number of hydrogen-bond donors (Lipinski definition) is 3. The van der Waals surface area contributed by atoms with Crippen molar-refractivity contribution in [2.75, 3.05) is 12.0 Å². The summed E-state index contributed by atoms with van der Waals surface area (Å²) in [6.07, 6.45) is 0. The van der Waals surface area contributed by atoms with Crippen LogP contribution in [0.3, 0.4) is 0 Å². The molecule has 0 atom stereocenters. The molecule has 3 N–H and O–H groups in total. The van der Waals surface area contributed by atoms with Gasteiger partial charge < -0.3 is 15.4 Å². The summed E-state index contributed by atoms with van der Waals surface area (Å²) >= 11 is 0. The molecule has 2 rings (SSSR count). The van der Waals surface area contributed by atoms with Gasteiger partial charge >= 0.3 is 6.03 Å². The van der Waals surface area contributed by atoms with E-state index in [1.54, 1.807) is 0 Å². The monoisotopic (exact) mass is 364 g/mol. The molecular formula is C17H20N2O5S. The molecule has 25 heavy (non-hydrogen) atoms. The molecule has 134 valence electrons. The van der Waals surface area contributed by atoms with Crippen LogP contribution in [-0.2, 0) is 10.1 Å². The largest absolute Gasteiger partial charge is 0.473 e. The Kier molecular flexibility index (Phi) is 5.66. The van der Waals surface area contributed by atoms with Gasteiger partial charge in [-0.05, 0) is 55.7 Å². The normalized spacial score (nSPS) is 11.0. The van der Waals surface area contributed by atoms with Crippen molar-refractivity contribution in [2.45, 2.75) is 25.7 Å². The average molecular weight is 364 g/mol. The van der Waals surface area contributed by atoms with Crippen molar-refractivity contribution in [3.8, 4) is 5.75 Å². The van der Waals surface area contributed by atoms with E-state index in [0.29, 0.717) is 5.75 Å². The van der Waals surface area contributed by atoms with Crippen LogP contribution in [0.5, 0.6) is 5.75 Å². The van der Waals surface area contributed by atoms with E-state index < -0.39 is 16.1 Å². The molecule has 0 spiro atoms. The van der Waals surface area contributed by atoms with Crippen molar-refractivity contribution in [3.05, 3.63) is 53.1 Å². The fraction of sp³-hybridized carbons (Fsp3) is 0.235. The molecule has 2 aromatic carbocycles. The Balaban J connectivity index is 1.95. The van der Waals surface area contributed by atoms with Crippen LogP contribution in [0.1, 0.15) is 16.7 Å². The van der Waals surface area contributed by atoms with Gasteiger partial charge in [0.1, 0.15) is 5.75 Å². The Morgan fingerprint density at radius 2 is 1.80 bits per heavy atom. The van der Waals surface area contributed by atoms with Crippen LogP contribution in [0.15, 0.2) is 41.3 Å². The average Bonchev–Trinajstić information content (AvgIpc) is 2.54. The zero-order chi connectivity index (χ0) is 18.6. The first kappa shape index (κ1) is 18.8. The van der Waals surface area contributed by atoms with E-state index in [4.69, 9.17) is 9.29 Å². The fourth-order valence-corrected chi connectivity index (χ4v) is 2.76. The highest BCUT2D eigenvalue weighted by Gasteiger charge is 2.11. The SMILES string of the molecule is Cc1ccc(C)c(OCNC(=O)Nc2cccc(S(=O)(=O)O)c2)c1C. The Morgan fingerprint density at radius 3 is 2.48 bits per heavy atom. The smallest absolute Gasteiger partial charge is 0.321 e. The summed E-state index contributed by atoms with van der Waals surface area (Å²) in [6.45, 7) is 5.79. The van der Waals surface area contributed by atoms with Gasteiger partial charge in [0.25, 0.3) is 10.1 Å². The predicted octanol–water partition coefficient (Wildman–Crippen LogP) is 3.02. The third-order valence-electron chi connectivity index (χ3n) is 3.71. The highest BCUT2D eigenvalue weighted by Crippen LogP contribution is 2.25. The zero-order valence-electron chi connectivity index (χ0n) is 14.2. The first-order chi connectivity index (χ1) is 11.7. The highest BCUT2D eigenvalue weighted by atomic mass is 32.2. The molecular weight excluding hydrogens is 344 g/mol. The number of ether oxygens (including phenoxy) is 1. The van der Waals surface area contributed by atoms with Gasteiger partial charge in [-0.25, -0.2) is 4.79 Å². The number of nitrogens with one attached hydrogen (secondary N) is 2. The van der Waals surface area contributed by atoms with Crippen molar-refractivity contribution in [1.29, 1.82) is 0 Å². The molecule has 2 amide bonds. The summed E-state index contributed by atoms with van der Waals surface area (Å²) in [5, 5.41) is 5.00. The number of carbonyl (C=O) groups excluding carboxylic acids is 1. The molecule has 0 unspecified atom stereocenters. The van der Waals surface area contributed by atoms with Crippen molar-refractivity contribution in [2.24, 2.45) is 0 Å². The van der Waals surface area contributed by atoms with Gasteiger partial charge in [0, 0.05) is 5.69 Å². The standard InChI is InChI=1S/C17H20N2O5S/c1-11-7-8-12(2)16(13(11)3)24-10-18-17(20)19-14-5-4-6-15(9-14)25(21,22)23/h4-9H,10H2,1-3H3,(H2,18,19,20)(H,21,22,23). The van der Waals surface area contributed by atoms with E-state index in [-0.39, 0.29) is 17.3 Å². The number of carbonyl (C=O) groups is 1. The van der Waals surface area contributed by atoms with E-state index in [1.165, 1.54) is 18.2 Å². The second-order valence-corrected chi connectivity index (χ2v) is 7.00. The number of urea groups is 1. The van der Waals surface area contributed by atoms with E-state index in [1.807, 2.05) is 32.9 Å². The summed E-state index contributed by atoms with van der Waals surface area (Å²) in [6, 6.07) is 8.68. The van der Waals surface area contributed by atoms with Gasteiger partial charge in [-0.15, -0.1) is 0 Å². The number of aryl methyl sites for hydroxylation is 2. The van der Waals surface area contributed by atoms with Gasteiger partial charge in [0.15, 0.2) is 6.73 Å². The lowest BCUT2D eigenvalue weighted by molar-refractivity contribution is 0.234. The molecule has 0 radical (unpaired) electrons. The minimum atomic E-state index is -4.32. The Hall–Kier alpha value is -2.58. The molecule has 0 bridgehead atoms. The predicted molar refractivity (Wildman–Crippen MR) is 94.6 cm³/mol. The molecule has 0 aliphatic rings. The topological polar surface area (TPSA) is 105 Å². The maximum Gasteiger partial charge on any atom is 0.321 e. The lowest BCUT2D eigenvalue weighted by Gasteiger charge is -2.14. The first-order valence-corrected chi connectivity index (χ1v) is 8.94. The van der Waals surface area contributed by atoms with Gasteiger partial charge in [-0.1, -0.05) is 18.2 Å². The van der Waals surface area contributed by atoms with E-state index in [2.05, 4.69) is 10.6 Å². The van der Waals surface area contributed by atoms with Gasteiger partial charge in [0.05, 0.1) is 4.90 Å². The molecule has 0 aliphatic carbocycles. The van der Waals surface area contributed by atoms with E-state index in [0.717, 1.165) is 22.8 Å². The Labute approximate surface area is 146 Å². The molecule has 7 nitrogen and oxygen atoms in total. The quantitative estimate of drug-likeness (QED) is 0.559. The van der Waals surface area contributed by atoms with E-state index >= 15 is 0 Å². The number of rotatable bonds is 5. The Morgan fingerprint density at radius 1 is 1.12 bits per heavy atom. The van der Waals surface area contributed by atoms with Gasteiger partial charge in [0.2, 0.25) is 0 Å². The van der Waals surface area contributed by atoms with Gasteiger partial charge in [-0.2, -0.15) is 8.42 Å². The van der Waals surface area contributed by atoms with Crippen LogP contribution in [0, 0.1) is 20.8 Å². The number of hydrogen-bond acceptors (Lipinski definition) is 4. The third kappa shape index (κ3) is 4.94. The number of anilines is 1. The van der Waals surface area contributed by atoms with E-state index in [9.17, 15) is 13.2 Å². The second-order valence-electron chi connectivity index (χ2n) is 5.58. The molecule has 0 saturated heterocycles. The summed E-state index contributed by atoms with van der Waals surface area (Å²) in [5.41, 5.74) is 3.29. The lowest BCUT2D eigenvalue weighted by Crippen LogP contribution is -2.32. The maximum atomic E-state index is 11.9. The van der Waals surface area contributed by atoms with Crippen LogP contribution >= 0.6 is 0 Å². The second kappa shape index (κ2) is 7.54. The molecule has 0 saturated carbocycles.